The molecule has 4 aromatic carbocycles. The third-order valence-electron chi connectivity index (χ3n) is 16.2. The molecular weight excluding hydrogens is 928 g/mol. The number of fused-ring (bicyclic) bond motifs is 4. The Balaban J connectivity index is 1.30. The summed E-state index contributed by atoms with van der Waals surface area (Å²) in [7, 11) is -0.494. The van der Waals surface area contributed by atoms with Gasteiger partial charge < -0.3 is 9.31 Å². The minimum atomic E-state index is -0.494. The molecule has 0 saturated carbocycles. The highest BCUT2D eigenvalue weighted by Gasteiger charge is 2.51. The zero-order valence-corrected chi connectivity index (χ0v) is 48.7. The fourth-order valence-electron chi connectivity index (χ4n) is 10.9. The first kappa shape index (κ1) is 52.9. The Kier molecular flexibility index (Phi) is 12.7. The number of rotatable bonds is 5. The fourth-order valence-corrected chi connectivity index (χ4v) is 10.9. The maximum atomic E-state index is 6.54. The highest BCUT2D eigenvalue weighted by atomic mass is 16.7. The summed E-state index contributed by atoms with van der Waals surface area (Å²) in [6, 6.07) is 27.3. The van der Waals surface area contributed by atoms with Crippen molar-refractivity contribution in [2.75, 3.05) is 0 Å². The third-order valence-corrected chi connectivity index (χ3v) is 16.2. The van der Waals surface area contributed by atoms with Crippen LogP contribution in [0.25, 0.3) is 22.3 Å². The van der Waals surface area contributed by atoms with Crippen molar-refractivity contribution >= 4 is 57.7 Å². The van der Waals surface area contributed by atoms with Crippen LogP contribution in [0.5, 0.6) is 0 Å². The summed E-state index contributed by atoms with van der Waals surface area (Å²) in [5.74, 6) is 0. The van der Waals surface area contributed by atoms with Crippen LogP contribution in [0.3, 0.4) is 0 Å². The van der Waals surface area contributed by atoms with Gasteiger partial charge in [-0.15, -0.1) is 0 Å². The first-order valence-electron chi connectivity index (χ1n) is 27.3. The molecule has 10 rings (SSSR count). The van der Waals surface area contributed by atoms with Crippen LogP contribution < -0.4 is 5.46 Å². The fraction of sp³-hybridized carbons (Fsp3) is 0.362. The highest BCUT2D eigenvalue weighted by Crippen LogP contribution is 2.43. The first-order chi connectivity index (χ1) is 35.4. The number of benzene rings is 4. The Morgan fingerprint density at radius 3 is 1.00 bits per heavy atom. The van der Waals surface area contributed by atoms with Crippen LogP contribution in [-0.4, -0.2) is 41.2 Å². The van der Waals surface area contributed by atoms with E-state index in [1.807, 2.05) is 0 Å². The highest BCUT2D eigenvalue weighted by molar-refractivity contribution is 6.62. The number of aliphatic imine (C=N–C) groups is 4. The quantitative estimate of drug-likeness (QED) is 0.187. The number of allylic oxidation sites excluding steroid dienone is 12. The van der Waals surface area contributed by atoms with Gasteiger partial charge in [-0.3, -0.25) is 0 Å². The standard InChI is InChI=1S/C69H77BN4O2/c1-40-32-41(2)59(42(3)33-40)63-57-30-28-55(73-57)61(44-34-46(64(4,5)6)38-47(35-44)65(7,8)9)53-26-24-51(71-53)60(43-20-22-50(23-21-43)70-75-68(16,17)69(18,19)76-70)52-25-27-54(72-52)62(56-29-31-58(63)74-56)45-36-48(66(10,11)12)39-49(37-45)67(13,14)15/h20-39H,1-19H3. The molecule has 4 aromatic rings. The monoisotopic (exact) mass is 1000 g/mol. The Hall–Kier alpha value is -6.54. The van der Waals surface area contributed by atoms with Crippen LogP contribution in [0.15, 0.2) is 164 Å². The van der Waals surface area contributed by atoms with Crippen molar-refractivity contribution in [3.8, 4) is 0 Å². The minimum Gasteiger partial charge on any atom is -0.399 e. The predicted octanol–water partition coefficient (Wildman–Crippen LogP) is 16.1. The molecule has 6 aliphatic rings. The van der Waals surface area contributed by atoms with Gasteiger partial charge in [0.1, 0.15) is 0 Å². The van der Waals surface area contributed by atoms with E-state index in [1.165, 1.54) is 38.9 Å². The van der Waals surface area contributed by atoms with Crippen molar-refractivity contribution in [2.45, 2.75) is 164 Å². The van der Waals surface area contributed by atoms with Crippen LogP contribution in [0, 0.1) is 20.8 Å². The number of nitrogens with zero attached hydrogens (tertiary/aromatic N) is 4. The summed E-state index contributed by atoms with van der Waals surface area (Å²) in [6.07, 6.45) is 17.4. The molecule has 388 valence electrons. The lowest BCUT2D eigenvalue weighted by molar-refractivity contribution is 0.00578. The lowest BCUT2D eigenvalue weighted by Crippen LogP contribution is -2.41. The van der Waals surface area contributed by atoms with Crippen LogP contribution >= 0.6 is 0 Å². The molecule has 7 heteroatoms. The van der Waals surface area contributed by atoms with E-state index in [0.29, 0.717) is 0 Å². The molecular formula is C69H77BN4O2. The normalized spacial score (nSPS) is 19.2. The SMILES string of the molecule is Cc1cc(C)c(C2=C3C=CC(=N3)C(c3cc(C(C)(C)C)cc(C(C)(C)C)c3)=C3C=CC(=N3)C(c3ccc(B4OC(C)(C)C(C)(C)O4)cc3)=C3C=CC(=N3)C(c3cc(C(C)(C)C)cc(C(C)(C)C)c3)=C3C=CC2=N3)c(C)c1. The van der Waals surface area contributed by atoms with E-state index in [4.69, 9.17) is 29.3 Å². The van der Waals surface area contributed by atoms with Gasteiger partial charge in [0.05, 0.1) is 56.8 Å². The number of hydrogen-bond acceptors (Lipinski definition) is 6. The van der Waals surface area contributed by atoms with E-state index in [1.54, 1.807) is 0 Å². The van der Waals surface area contributed by atoms with Crippen molar-refractivity contribution in [2.24, 2.45) is 20.0 Å². The average molecular weight is 1010 g/mol. The number of aryl methyl sites for hydroxylation is 3. The summed E-state index contributed by atoms with van der Waals surface area (Å²) in [5.41, 5.74) is 23.2. The van der Waals surface area contributed by atoms with Crippen LogP contribution in [0.4, 0.5) is 0 Å². The topological polar surface area (TPSA) is 67.9 Å². The van der Waals surface area contributed by atoms with E-state index in [2.05, 4.69) is 253 Å². The zero-order chi connectivity index (χ0) is 54.8. The second kappa shape index (κ2) is 18.3. The minimum absolute atomic E-state index is 0.112. The van der Waals surface area contributed by atoms with E-state index >= 15 is 0 Å². The first-order valence-corrected chi connectivity index (χ1v) is 27.3. The van der Waals surface area contributed by atoms with Crippen LogP contribution in [0.1, 0.15) is 172 Å². The van der Waals surface area contributed by atoms with Gasteiger partial charge in [-0.2, -0.15) is 0 Å². The third kappa shape index (κ3) is 9.79. The molecule has 0 aliphatic carbocycles. The smallest absolute Gasteiger partial charge is 0.399 e. The zero-order valence-electron chi connectivity index (χ0n) is 48.7. The van der Waals surface area contributed by atoms with Gasteiger partial charge in [-0.25, -0.2) is 20.0 Å². The largest absolute Gasteiger partial charge is 0.494 e. The molecule has 0 radical (unpaired) electrons. The molecule has 0 N–H and O–H groups in total. The molecule has 0 spiro atoms. The van der Waals surface area contributed by atoms with Gasteiger partial charge in [0.25, 0.3) is 0 Å². The lowest BCUT2D eigenvalue weighted by Gasteiger charge is -2.32. The summed E-state index contributed by atoms with van der Waals surface area (Å²) >= 11 is 0. The lowest BCUT2D eigenvalue weighted by atomic mass is 9.78. The van der Waals surface area contributed by atoms with Crippen molar-refractivity contribution in [3.05, 3.63) is 205 Å². The van der Waals surface area contributed by atoms with E-state index in [9.17, 15) is 0 Å². The van der Waals surface area contributed by atoms with Crippen molar-refractivity contribution < 1.29 is 9.31 Å². The van der Waals surface area contributed by atoms with Crippen molar-refractivity contribution in [3.63, 3.8) is 0 Å². The molecule has 0 amide bonds. The van der Waals surface area contributed by atoms with Crippen LogP contribution in [-0.2, 0) is 31.0 Å². The molecule has 6 heterocycles. The second-order valence-electron chi connectivity index (χ2n) is 26.9. The maximum Gasteiger partial charge on any atom is 0.494 e. The van der Waals surface area contributed by atoms with Gasteiger partial charge in [0.2, 0.25) is 0 Å². The molecule has 0 atom stereocenters. The van der Waals surface area contributed by atoms with Crippen LogP contribution in [0.2, 0.25) is 0 Å². The predicted molar refractivity (Wildman–Crippen MR) is 324 cm³/mol. The summed E-state index contributed by atoms with van der Waals surface area (Å²) in [4.78, 5) is 22.8. The van der Waals surface area contributed by atoms with Crippen molar-refractivity contribution in [1.29, 1.82) is 0 Å². The van der Waals surface area contributed by atoms with E-state index in [-0.39, 0.29) is 21.7 Å². The van der Waals surface area contributed by atoms with E-state index < -0.39 is 18.3 Å². The molecule has 0 aromatic heterocycles. The summed E-state index contributed by atoms with van der Waals surface area (Å²) in [6.45, 7) is 42.5. The van der Waals surface area contributed by atoms with Gasteiger partial charge in [-0.05, 0) is 180 Å². The summed E-state index contributed by atoms with van der Waals surface area (Å²) < 4.78 is 13.1. The number of hydrogen-bond donors (Lipinski definition) is 0. The van der Waals surface area contributed by atoms with Gasteiger partial charge in [0.15, 0.2) is 0 Å². The average Bonchev–Trinajstić information content (AvgIpc) is 4.18. The molecule has 1 saturated heterocycles. The Bertz CT molecular complexity index is 3380. The molecule has 1 fully saturated rings. The van der Waals surface area contributed by atoms with E-state index in [0.717, 1.165) is 95.6 Å². The summed E-state index contributed by atoms with van der Waals surface area (Å²) in [5, 5.41) is 0. The Morgan fingerprint density at radius 1 is 0.368 bits per heavy atom. The van der Waals surface area contributed by atoms with Gasteiger partial charge >= 0.3 is 7.12 Å². The Labute approximate surface area is 454 Å². The van der Waals surface area contributed by atoms with Crippen molar-refractivity contribution in [1.82, 2.24) is 0 Å². The second-order valence-corrected chi connectivity index (χ2v) is 26.9. The molecule has 76 heavy (non-hydrogen) atoms. The van der Waals surface area contributed by atoms with Gasteiger partial charge in [-0.1, -0.05) is 161 Å². The maximum absolute atomic E-state index is 6.54. The van der Waals surface area contributed by atoms with Gasteiger partial charge in [0, 0.05) is 22.3 Å². The molecule has 6 aliphatic heterocycles. The molecule has 0 unspecified atom stereocenters. The Morgan fingerprint density at radius 2 is 0.671 bits per heavy atom. The molecule has 6 nitrogen and oxygen atoms in total. The molecule has 8 bridgehead atoms.